The number of anilines is 1. The molecule has 0 aromatic heterocycles. The molecule has 0 fully saturated rings. The summed E-state index contributed by atoms with van der Waals surface area (Å²) in [6.45, 7) is 7.25. The minimum atomic E-state index is -3.74. The number of hydrogen-bond donors (Lipinski definition) is 1. The van der Waals surface area contributed by atoms with Crippen molar-refractivity contribution in [1.29, 1.82) is 0 Å². The second kappa shape index (κ2) is 11.7. The zero-order valence-electron chi connectivity index (χ0n) is 19.7. The maximum absolute atomic E-state index is 13.5. The number of sulfonamides is 1. The molecule has 0 saturated carbocycles. The summed E-state index contributed by atoms with van der Waals surface area (Å²) in [4.78, 5) is 27.8. The molecule has 0 aliphatic rings. The van der Waals surface area contributed by atoms with Crippen molar-refractivity contribution in [3.63, 3.8) is 0 Å². The molecule has 2 amide bonds. The van der Waals surface area contributed by atoms with Gasteiger partial charge in [-0.1, -0.05) is 47.1 Å². The highest BCUT2D eigenvalue weighted by molar-refractivity contribution is 9.10. The van der Waals surface area contributed by atoms with E-state index in [1.165, 1.54) is 4.90 Å². The third-order valence-electron chi connectivity index (χ3n) is 5.56. The fraction of sp³-hybridized carbons (Fsp3) is 0.417. The number of aryl methyl sites for hydroxylation is 1. The molecule has 0 aliphatic carbocycles. The Kier molecular flexibility index (Phi) is 9.48. The van der Waals surface area contributed by atoms with Crippen LogP contribution in [0.3, 0.4) is 0 Å². The van der Waals surface area contributed by atoms with Crippen LogP contribution < -0.4 is 9.62 Å². The SMILES string of the molecule is CC[C@@H](C)NC(=O)[C@@H](C)N(Cc1ccccc1C)C(=O)CN(c1ccc(Br)cc1)S(C)(=O)=O. The number of nitrogens with zero attached hydrogens (tertiary/aromatic N) is 2. The number of halogens is 1. The van der Waals surface area contributed by atoms with E-state index >= 15 is 0 Å². The summed E-state index contributed by atoms with van der Waals surface area (Å²) >= 11 is 3.34. The van der Waals surface area contributed by atoms with Crippen molar-refractivity contribution in [2.75, 3.05) is 17.1 Å². The van der Waals surface area contributed by atoms with E-state index in [4.69, 9.17) is 0 Å². The maximum Gasteiger partial charge on any atom is 0.244 e. The van der Waals surface area contributed by atoms with Crippen LogP contribution in [0.5, 0.6) is 0 Å². The topological polar surface area (TPSA) is 86.8 Å². The number of nitrogens with one attached hydrogen (secondary N) is 1. The average Bonchev–Trinajstić information content (AvgIpc) is 2.76. The third kappa shape index (κ3) is 7.57. The summed E-state index contributed by atoms with van der Waals surface area (Å²) in [5.41, 5.74) is 2.25. The van der Waals surface area contributed by atoms with Crippen molar-refractivity contribution in [2.24, 2.45) is 0 Å². The first kappa shape index (κ1) is 26.9. The highest BCUT2D eigenvalue weighted by Gasteiger charge is 2.30. The van der Waals surface area contributed by atoms with Crippen LogP contribution in [0.2, 0.25) is 0 Å². The predicted molar refractivity (Wildman–Crippen MR) is 135 cm³/mol. The van der Waals surface area contributed by atoms with Crippen LogP contribution in [-0.4, -0.2) is 50.0 Å². The van der Waals surface area contributed by atoms with Crippen molar-refractivity contribution in [3.8, 4) is 0 Å². The monoisotopic (exact) mass is 537 g/mol. The number of benzene rings is 2. The average molecular weight is 539 g/mol. The first-order valence-corrected chi connectivity index (χ1v) is 13.5. The van der Waals surface area contributed by atoms with Crippen LogP contribution in [-0.2, 0) is 26.2 Å². The van der Waals surface area contributed by atoms with Crippen LogP contribution in [0.15, 0.2) is 53.0 Å². The van der Waals surface area contributed by atoms with Crippen molar-refractivity contribution < 1.29 is 18.0 Å². The van der Waals surface area contributed by atoms with Crippen molar-refractivity contribution >= 4 is 43.5 Å². The number of carbonyl (C=O) groups is 2. The minimum Gasteiger partial charge on any atom is -0.352 e. The van der Waals surface area contributed by atoms with E-state index in [9.17, 15) is 18.0 Å². The smallest absolute Gasteiger partial charge is 0.244 e. The molecule has 33 heavy (non-hydrogen) atoms. The second-order valence-corrected chi connectivity index (χ2v) is 11.0. The molecular weight excluding hydrogens is 506 g/mol. The Hall–Kier alpha value is -2.39. The van der Waals surface area contributed by atoms with E-state index in [-0.39, 0.29) is 18.5 Å². The summed E-state index contributed by atoms with van der Waals surface area (Å²) < 4.78 is 26.9. The van der Waals surface area contributed by atoms with Gasteiger partial charge in [-0.2, -0.15) is 0 Å². The van der Waals surface area contributed by atoms with E-state index in [1.807, 2.05) is 45.0 Å². The molecule has 0 bridgehead atoms. The Morgan fingerprint density at radius 3 is 2.21 bits per heavy atom. The number of hydrogen-bond acceptors (Lipinski definition) is 4. The van der Waals surface area contributed by atoms with E-state index in [2.05, 4.69) is 21.2 Å². The standard InChI is InChI=1S/C24H32BrN3O4S/c1-6-18(3)26-24(30)19(4)27(15-20-10-8-7-9-17(20)2)23(29)16-28(33(5,31)32)22-13-11-21(25)12-14-22/h7-14,18-19H,6,15-16H2,1-5H3,(H,26,30)/t18-,19-/m1/s1. The van der Waals surface area contributed by atoms with E-state index < -0.39 is 28.5 Å². The lowest BCUT2D eigenvalue weighted by atomic mass is 10.1. The van der Waals surface area contributed by atoms with Gasteiger partial charge in [0.05, 0.1) is 11.9 Å². The zero-order valence-corrected chi connectivity index (χ0v) is 22.1. The number of amides is 2. The Balaban J connectivity index is 2.39. The molecule has 7 nitrogen and oxygen atoms in total. The Morgan fingerprint density at radius 1 is 1.06 bits per heavy atom. The van der Waals surface area contributed by atoms with Crippen molar-refractivity contribution in [2.45, 2.75) is 52.7 Å². The Bertz CT molecular complexity index is 1070. The highest BCUT2D eigenvalue weighted by Crippen LogP contribution is 2.22. The molecule has 9 heteroatoms. The van der Waals surface area contributed by atoms with Gasteiger partial charge in [0, 0.05) is 17.1 Å². The minimum absolute atomic E-state index is 0.0364. The van der Waals surface area contributed by atoms with Gasteiger partial charge in [0.1, 0.15) is 12.6 Å². The van der Waals surface area contributed by atoms with Crippen LogP contribution in [0.1, 0.15) is 38.3 Å². The van der Waals surface area contributed by atoms with Crippen LogP contribution in [0, 0.1) is 6.92 Å². The van der Waals surface area contributed by atoms with E-state index in [0.717, 1.165) is 32.6 Å². The van der Waals surface area contributed by atoms with Gasteiger partial charge in [0.15, 0.2) is 0 Å². The largest absolute Gasteiger partial charge is 0.352 e. The van der Waals surface area contributed by atoms with E-state index in [1.54, 1.807) is 31.2 Å². The molecule has 0 unspecified atom stereocenters. The molecule has 0 spiro atoms. The summed E-state index contributed by atoms with van der Waals surface area (Å²) in [7, 11) is -3.74. The Labute approximate surface area is 205 Å². The summed E-state index contributed by atoms with van der Waals surface area (Å²) in [6, 6.07) is 13.5. The molecule has 2 atom stereocenters. The number of rotatable bonds is 10. The lowest BCUT2D eigenvalue weighted by molar-refractivity contribution is -0.139. The fourth-order valence-corrected chi connectivity index (χ4v) is 4.35. The lowest BCUT2D eigenvalue weighted by Gasteiger charge is -2.32. The second-order valence-electron chi connectivity index (χ2n) is 8.19. The van der Waals surface area contributed by atoms with Gasteiger partial charge in [-0.15, -0.1) is 0 Å². The van der Waals surface area contributed by atoms with Gasteiger partial charge in [-0.3, -0.25) is 13.9 Å². The fourth-order valence-electron chi connectivity index (χ4n) is 3.24. The molecule has 0 heterocycles. The maximum atomic E-state index is 13.5. The van der Waals surface area contributed by atoms with Crippen LogP contribution >= 0.6 is 15.9 Å². The van der Waals surface area contributed by atoms with Gasteiger partial charge >= 0.3 is 0 Å². The summed E-state index contributed by atoms with van der Waals surface area (Å²) in [5, 5.41) is 2.92. The van der Waals surface area contributed by atoms with E-state index in [0.29, 0.717) is 5.69 Å². The molecule has 2 aromatic rings. The lowest BCUT2D eigenvalue weighted by Crippen LogP contribution is -2.52. The van der Waals surface area contributed by atoms with Crippen LogP contribution in [0.4, 0.5) is 5.69 Å². The Morgan fingerprint density at radius 2 is 1.67 bits per heavy atom. The predicted octanol–water partition coefficient (Wildman–Crippen LogP) is 3.86. The number of carbonyl (C=O) groups excluding carboxylic acids is 2. The van der Waals surface area contributed by atoms with Gasteiger partial charge < -0.3 is 10.2 Å². The first-order valence-electron chi connectivity index (χ1n) is 10.8. The van der Waals surface area contributed by atoms with Gasteiger partial charge in [0.2, 0.25) is 21.8 Å². The molecule has 2 rings (SSSR count). The summed E-state index contributed by atoms with van der Waals surface area (Å²) in [5.74, 6) is -0.737. The third-order valence-corrected chi connectivity index (χ3v) is 7.23. The molecule has 1 N–H and O–H groups in total. The summed E-state index contributed by atoms with van der Waals surface area (Å²) in [6.07, 6.45) is 1.82. The highest BCUT2D eigenvalue weighted by atomic mass is 79.9. The molecule has 180 valence electrons. The normalized spacial score (nSPS) is 13.2. The van der Waals surface area contributed by atoms with Crippen molar-refractivity contribution in [1.82, 2.24) is 10.2 Å². The zero-order chi connectivity index (χ0) is 24.8. The van der Waals surface area contributed by atoms with Gasteiger partial charge in [0.25, 0.3) is 0 Å². The molecule has 2 aromatic carbocycles. The molecule has 0 aliphatic heterocycles. The molecule has 0 saturated heterocycles. The van der Waals surface area contributed by atoms with Crippen molar-refractivity contribution in [3.05, 3.63) is 64.1 Å². The van der Waals surface area contributed by atoms with Gasteiger partial charge in [-0.05, 0) is 62.6 Å². The molecule has 0 radical (unpaired) electrons. The van der Waals surface area contributed by atoms with Gasteiger partial charge in [-0.25, -0.2) is 8.42 Å². The first-order chi connectivity index (χ1) is 15.4. The molecular formula is C24H32BrN3O4S. The van der Waals surface area contributed by atoms with Crippen LogP contribution in [0.25, 0.3) is 0 Å². The quantitative estimate of drug-likeness (QED) is 0.498.